The van der Waals surface area contributed by atoms with Crippen molar-refractivity contribution in [2.75, 3.05) is 11.9 Å². The van der Waals surface area contributed by atoms with Gasteiger partial charge in [0.25, 0.3) is 0 Å². The second-order valence-electron chi connectivity index (χ2n) is 6.90. The van der Waals surface area contributed by atoms with Crippen molar-refractivity contribution in [1.82, 2.24) is 9.88 Å². The van der Waals surface area contributed by atoms with Crippen molar-refractivity contribution < 1.29 is 9.59 Å². The summed E-state index contributed by atoms with van der Waals surface area (Å²) in [7, 11) is 0. The summed E-state index contributed by atoms with van der Waals surface area (Å²) in [5.41, 5.74) is 2.51. The molecule has 0 saturated carbocycles. The van der Waals surface area contributed by atoms with E-state index < -0.39 is 0 Å². The molecule has 0 aliphatic carbocycles. The molecule has 0 unspecified atom stereocenters. The SMILES string of the molecule is C[C@@H](c1ccccc1)N1C[C@H](C(=O)Nc2cccc3cccnc23)CC1=O. The second-order valence-corrected chi connectivity index (χ2v) is 6.90. The van der Waals surface area contributed by atoms with E-state index in [1.54, 1.807) is 11.1 Å². The number of benzene rings is 2. The molecule has 4 rings (SSSR count). The Balaban J connectivity index is 1.49. The van der Waals surface area contributed by atoms with E-state index in [2.05, 4.69) is 10.3 Å². The average Bonchev–Trinajstić information content (AvgIpc) is 3.10. The van der Waals surface area contributed by atoms with Crippen molar-refractivity contribution in [2.24, 2.45) is 5.92 Å². The summed E-state index contributed by atoms with van der Waals surface area (Å²) in [5, 5.41) is 3.94. The van der Waals surface area contributed by atoms with Crippen molar-refractivity contribution in [3.05, 3.63) is 72.4 Å². The maximum Gasteiger partial charge on any atom is 0.229 e. The quantitative estimate of drug-likeness (QED) is 0.771. The maximum absolute atomic E-state index is 12.8. The highest BCUT2D eigenvalue weighted by molar-refractivity contribution is 6.03. The van der Waals surface area contributed by atoms with Crippen LogP contribution in [0.2, 0.25) is 0 Å². The number of nitrogens with zero attached hydrogens (tertiary/aromatic N) is 2. The number of hydrogen-bond donors (Lipinski definition) is 1. The first-order chi connectivity index (χ1) is 13.1. The zero-order valence-electron chi connectivity index (χ0n) is 15.1. The largest absolute Gasteiger partial charge is 0.335 e. The molecule has 2 atom stereocenters. The molecule has 136 valence electrons. The average molecular weight is 359 g/mol. The minimum atomic E-state index is -0.359. The van der Waals surface area contributed by atoms with Crippen LogP contribution in [0.15, 0.2) is 66.9 Å². The van der Waals surface area contributed by atoms with E-state index in [9.17, 15) is 9.59 Å². The Morgan fingerprint density at radius 1 is 1.11 bits per heavy atom. The van der Waals surface area contributed by atoms with E-state index in [4.69, 9.17) is 0 Å². The van der Waals surface area contributed by atoms with E-state index in [1.165, 1.54) is 0 Å². The third-order valence-corrected chi connectivity index (χ3v) is 5.17. The van der Waals surface area contributed by atoms with Crippen molar-refractivity contribution in [1.29, 1.82) is 0 Å². The van der Waals surface area contributed by atoms with E-state index >= 15 is 0 Å². The van der Waals surface area contributed by atoms with Crippen molar-refractivity contribution >= 4 is 28.4 Å². The number of fused-ring (bicyclic) bond motifs is 1. The van der Waals surface area contributed by atoms with E-state index in [0.717, 1.165) is 16.5 Å². The van der Waals surface area contributed by atoms with Gasteiger partial charge in [-0.2, -0.15) is 0 Å². The molecule has 5 heteroatoms. The molecular weight excluding hydrogens is 338 g/mol. The number of pyridine rings is 1. The van der Waals surface area contributed by atoms with Crippen molar-refractivity contribution in [3.63, 3.8) is 0 Å². The summed E-state index contributed by atoms with van der Waals surface area (Å²) >= 11 is 0. The molecule has 2 amide bonds. The van der Waals surface area contributed by atoms with Gasteiger partial charge in [-0.15, -0.1) is 0 Å². The molecule has 0 radical (unpaired) electrons. The molecule has 1 N–H and O–H groups in total. The molecule has 1 aliphatic heterocycles. The first-order valence-electron chi connectivity index (χ1n) is 9.12. The highest BCUT2D eigenvalue weighted by Gasteiger charge is 2.37. The Labute approximate surface area is 158 Å². The lowest BCUT2D eigenvalue weighted by atomic mass is 10.1. The highest BCUT2D eigenvalue weighted by atomic mass is 16.2. The standard InChI is InChI=1S/C22H21N3O2/c1-15(16-7-3-2-4-8-16)25-14-18(13-20(25)26)22(27)24-19-11-5-9-17-10-6-12-23-21(17)19/h2-12,15,18H,13-14H2,1H3,(H,24,27)/t15-,18+/m0/s1. The van der Waals surface area contributed by atoms with Gasteiger partial charge in [-0.25, -0.2) is 0 Å². The topological polar surface area (TPSA) is 62.3 Å². The lowest BCUT2D eigenvalue weighted by Crippen LogP contribution is -2.30. The molecule has 1 aromatic heterocycles. The number of likely N-dealkylation sites (tertiary alicyclic amines) is 1. The first-order valence-corrected chi connectivity index (χ1v) is 9.12. The van der Waals surface area contributed by atoms with Crippen LogP contribution in [0.3, 0.4) is 0 Å². The molecule has 1 saturated heterocycles. The van der Waals surface area contributed by atoms with Gasteiger partial charge in [0.05, 0.1) is 23.2 Å². The monoisotopic (exact) mass is 359 g/mol. The lowest BCUT2D eigenvalue weighted by molar-refractivity contribution is -0.129. The van der Waals surface area contributed by atoms with Crippen LogP contribution in [-0.4, -0.2) is 28.2 Å². The normalized spacial score (nSPS) is 17.9. The van der Waals surface area contributed by atoms with Crippen molar-refractivity contribution in [2.45, 2.75) is 19.4 Å². The smallest absolute Gasteiger partial charge is 0.229 e. The van der Waals surface area contributed by atoms with Gasteiger partial charge >= 0.3 is 0 Å². The third kappa shape index (κ3) is 3.40. The Bertz CT molecular complexity index is 982. The number of anilines is 1. The number of hydrogen-bond acceptors (Lipinski definition) is 3. The van der Waals surface area contributed by atoms with Crippen LogP contribution in [0, 0.1) is 5.92 Å². The fraction of sp³-hybridized carbons (Fsp3) is 0.227. The molecule has 0 spiro atoms. The summed E-state index contributed by atoms with van der Waals surface area (Å²) in [4.78, 5) is 31.5. The van der Waals surface area contributed by atoms with Gasteiger partial charge < -0.3 is 10.2 Å². The number of rotatable bonds is 4. The van der Waals surface area contributed by atoms with E-state index in [0.29, 0.717) is 12.2 Å². The molecule has 1 fully saturated rings. The van der Waals surface area contributed by atoms with Crippen LogP contribution in [-0.2, 0) is 9.59 Å². The number of nitrogens with one attached hydrogen (secondary N) is 1. The summed E-state index contributed by atoms with van der Waals surface area (Å²) in [6, 6.07) is 19.4. The van der Waals surface area contributed by atoms with Gasteiger partial charge in [0.15, 0.2) is 0 Å². The molecule has 1 aliphatic rings. The summed E-state index contributed by atoms with van der Waals surface area (Å²) < 4.78 is 0. The summed E-state index contributed by atoms with van der Waals surface area (Å²) in [6.07, 6.45) is 1.95. The van der Waals surface area contributed by atoms with E-state index in [-0.39, 0.29) is 30.2 Å². The Kier molecular flexibility index (Phi) is 4.59. The highest BCUT2D eigenvalue weighted by Crippen LogP contribution is 2.29. The van der Waals surface area contributed by atoms with Gasteiger partial charge in [0.2, 0.25) is 11.8 Å². The molecule has 3 aromatic rings. The minimum absolute atomic E-state index is 0.0162. The predicted molar refractivity (Wildman–Crippen MR) is 105 cm³/mol. The maximum atomic E-state index is 12.8. The van der Waals surface area contributed by atoms with Gasteiger partial charge in [-0.1, -0.05) is 48.5 Å². The van der Waals surface area contributed by atoms with Gasteiger partial charge in [0.1, 0.15) is 0 Å². The van der Waals surface area contributed by atoms with E-state index in [1.807, 2.05) is 67.6 Å². The first kappa shape index (κ1) is 17.2. The number of para-hydroxylation sites is 1. The summed E-state index contributed by atoms with van der Waals surface area (Å²) in [6.45, 7) is 2.43. The van der Waals surface area contributed by atoms with Crippen LogP contribution in [0.1, 0.15) is 24.9 Å². The molecule has 27 heavy (non-hydrogen) atoms. The molecule has 0 bridgehead atoms. The lowest BCUT2D eigenvalue weighted by Gasteiger charge is -2.25. The summed E-state index contributed by atoms with van der Waals surface area (Å²) in [5.74, 6) is -0.477. The van der Waals surface area contributed by atoms with Crippen LogP contribution < -0.4 is 5.32 Å². The van der Waals surface area contributed by atoms with Gasteiger partial charge in [0, 0.05) is 24.5 Å². The fourth-order valence-electron chi connectivity index (χ4n) is 3.63. The molecule has 2 aromatic carbocycles. The second kappa shape index (κ2) is 7.19. The Morgan fingerprint density at radius 3 is 2.70 bits per heavy atom. The van der Waals surface area contributed by atoms with Crippen molar-refractivity contribution in [3.8, 4) is 0 Å². The van der Waals surface area contributed by atoms with Crippen LogP contribution in [0.25, 0.3) is 10.9 Å². The van der Waals surface area contributed by atoms with Crippen LogP contribution in [0.5, 0.6) is 0 Å². The predicted octanol–water partition coefficient (Wildman–Crippen LogP) is 3.78. The number of amides is 2. The van der Waals surface area contributed by atoms with Crippen LogP contribution >= 0.6 is 0 Å². The van der Waals surface area contributed by atoms with Crippen LogP contribution in [0.4, 0.5) is 5.69 Å². The molecular formula is C22H21N3O2. The minimum Gasteiger partial charge on any atom is -0.335 e. The third-order valence-electron chi connectivity index (χ3n) is 5.17. The number of carbonyl (C=O) groups excluding carboxylic acids is 2. The Morgan fingerprint density at radius 2 is 1.89 bits per heavy atom. The number of carbonyl (C=O) groups is 2. The number of aromatic nitrogens is 1. The molecule has 5 nitrogen and oxygen atoms in total. The molecule has 2 heterocycles. The van der Waals surface area contributed by atoms with Gasteiger partial charge in [-0.3, -0.25) is 14.6 Å². The van der Waals surface area contributed by atoms with Gasteiger partial charge in [-0.05, 0) is 24.6 Å². The fourth-order valence-corrected chi connectivity index (χ4v) is 3.63. The Hall–Kier alpha value is -3.21. The zero-order chi connectivity index (χ0) is 18.8. The zero-order valence-corrected chi connectivity index (χ0v) is 15.1.